The third-order valence-corrected chi connectivity index (χ3v) is 4.23. The zero-order valence-electron chi connectivity index (χ0n) is 16.1. The van der Waals surface area contributed by atoms with Gasteiger partial charge in [0.1, 0.15) is 0 Å². The second-order valence-electron chi connectivity index (χ2n) is 6.03. The lowest BCUT2D eigenvalue weighted by molar-refractivity contribution is -0.116. The van der Waals surface area contributed by atoms with Crippen LogP contribution in [0.15, 0.2) is 48.8 Å². The highest BCUT2D eigenvalue weighted by molar-refractivity contribution is 5.91. The van der Waals surface area contributed by atoms with Crippen LogP contribution in [0.1, 0.15) is 11.3 Å². The number of hydrogen-bond donors (Lipinski definition) is 1. The molecule has 3 rings (SSSR count). The molecule has 1 N–H and O–H groups in total. The number of fused-ring (bicyclic) bond motifs is 1. The first kappa shape index (κ1) is 19.3. The average molecular weight is 381 g/mol. The SMILES string of the molecule is COc1ccc(/C=C/C(=O)NCCc2cn3cccc(OC)c3n2)cc1OC. The summed E-state index contributed by atoms with van der Waals surface area (Å²) in [7, 11) is 4.78. The average Bonchev–Trinajstić information content (AvgIpc) is 3.14. The number of rotatable bonds is 8. The molecule has 7 nitrogen and oxygen atoms in total. The minimum Gasteiger partial charge on any atom is -0.493 e. The van der Waals surface area contributed by atoms with Crippen LogP contribution < -0.4 is 19.5 Å². The van der Waals surface area contributed by atoms with Gasteiger partial charge in [0.05, 0.1) is 27.0 Å². The number of carbonyl (C=O) groups excluding carboxylic acids is 1. The fourth-order valence-corrected chi connectivity index (χ4v) is 2.82. The molecule has 1 aromatic carbocycles. The normalized spacial score (nSPS) is 11.0. The molecule has 0 bridgehead atoms. The number of benzene rings is 1. The highest BCUT2D eigenvalue weighted by atomic mass is 16.5. The molecule has 7 heteroatoms. The topological polar surface area (TPSA) is 74.1 Å². The van der Waals surface area contributed by atoms with Gasteiger partial charge in [-0.1, -0.05) is 6.07 Å². The number of nitrogens with zero attached hydrogens (tertiary/aromatic N) is 2. The first-order valence-electron chi connectivity index (χ1n) is 8.83. The highest BCUT2D eigenvalue weighted by Crippen LogP contribution is 2.27. The number of carbonyl (C=O) groups is 1. The Hall–Kier alpha value is -3.48. The Morgan fingerprint density at radius 3 is 2.64 bits per heavy atom. The van der Waals surface area contributed by atoms with Crippen molar-refractivity contribution in [3.8, 4) is 17.2 Å². The lowest BCUT2D eigenvalue weighted by Crippen LogP contribution is -2.23. The number of hydrogen-bond acceptors (Lipinski definition) is 5. The standard InChI is InChI=1S/C21H23N3O4/c1-26-17-8-6-15(13-19(17)28-3)7-9-20(25)22-11-10-16-14-24-12-4-5-18(27-2)21(24)23-16/h4-9,12-14H,10-11H2,1-3H3,(H,22,25)/b9-7+. The van der Waals surface area contributed by atoms with Crippen molar-refractivity contribution in [2.45, 2.75) is 6.42 Å². The van der Waals surface area contributed by atoms with Crippen LogP contribution in [0.5, 0.6) is 17.2 Å². The van der Waals surface area contributed by atoms with Gasteiger partial charge in [-0.2, -0.15) is 0 Å². The summed E-state index contributed by atoms with van der Waals surface area (Å²) < 4.78 is 17.7. The summed E-state index contributed by atoms with van der Waals surface area (Å²) in [6.07, 6.45) is 7.70. The molecule has 28 heavy (non-hydrogen) atoms. The van der Waals surface area contributed by atoms with Crippen molar-refractivity contribution in [2.24, 2.45) is 0 Å². The van der Waals surface area contributed by atoms with Crippen LogP contribution >= 0.6 is 0 Å². The van der Waals surface area contributed by atoms with E-state index < -0.39 is 0 Å². The van der Waals surface area contributed by atoms with Crippen LogP contribution in [0.4, 0.5) is 0 Å². The molecule has 0 radical (unpaired) electrons. The molecule has 2 aromatic heterocycles. The number of pyridine rings is 1. The van der Waals surface area contributed by atoms with E-state index in [9.17, 15) is 4.79 Å². The molecule has 0 aliphatic heterocycles. The van der Waals surface area contributed by atoms with Crippen LogP contribution in [-0.2, 0) is 11.2 Å². The summed E-state index contributed by atoms with van der Waals surface area (Å²) in [6, 6.07) is 9.24. The van der Waals surface area contributed by atoms with Gasteiger partial charge in [-0.15, -0.1) is 0 Å². The lowest BCUT2D eigenvalue weighted by Gasteiger charge is -2.07. The number of imidazole rings is 1. The van der Waals surface area contributed by atoms with Crippen molar-refractivity contribution < 1.29 is 19.0 Å². The number of ether oxygens (including phenoxy) is 3. The van der Waals surface area contributed by atoms with Gasteiger partial charge in [0.2, 0.25) is 5.91 Å². The molecule has 0 aliphatic carbocycles. The van der Waals surface area contributed by atoms with E-state index in [1.54, 1.807) is 33.5 Å². The molecule has 0 aliphatic rings. The van der Waals surface area contributed by atoms with E-state index >= 15 is 0 Å². The monoisotopic (exact) mass is 381 g/mol. The van der Waals surface area contributed by atoms with Crippen molar-refractivity contribution in [3.05, 3.63) is 60.1 Å². The molecule has 146 valence electrons. The van der Waals surface area contributed by atoms with E-state index in [1.807, 2.05) is 41.1 Å². The molecule has 0 fully saturated rings. The van der Waals surface area contributed by atoms with Gasteiger partial charge in [-0.05, 0) is 35.9 Å². The molecule has 0 saturated heterocycles. The number of nitrogens with one attached hydrogen (secondary N) is 1. The maximum Gasteiger partial charge on any atom is 0.244 e. The molecule has 2 heterocycles. The number of amides is 1. The molecule has 0 saturated carbocycles. The largest absolute Gasteiger partial charge is 0.493 e. The van der Waals surface area contributed by atoms with E-state index in [4.69, 9.17) is 14.2 Å². The van der Waals surface area contributed by atoms with Gasteiger partial charge < -0.3 is 23.9 Å². The van der Waals surface area contributed by atoms with Crippen LogP contribution in [0.3, 0.4) is 0 Å². The Balaban J connectivity index is 1.55. The molecule has 0 spiro atoms. The predicted octanol–water partition coefficient (Wildman–Crippen LogP) is 2.73. The van der Waals surface area contributed by atoms with Gasteiger partial charge in [0, 0.05) is 31.4 Å². The minimum absolute atomic E-state index is 0.170. The molecule has 3 aromatic rings. The van der Waals surface area contributed by atoms with Gasteiger partial charge in [0.25, 0.3) is 0 Å². The lowest BCUT2D eigenvalue weighted by atomic mass is 10.2. The van der Waals surface area contributed by atoms with Crippen molar-refractivity contribution in [1.82, 2.24) is 14.7 Å². The molecular weight excluding hydrogens is 358 g/mol. The Labute approximate surface area is 163 Å². The summed E-state index contributed by atoms with van der Waals surface area (Å²) in [5.74, 6) is 1.81. The van der Waals surface area contributed by atoms with Crippen molar-refractivity contribution in [1.29, 1.82) is 0 Å². The van der Waals surface area contributed by atoms with E-state index in [-0.39, 0.29) is 5.91 Å². The minimum atomic E-state index is -0.170. The highest BCUT2D eigenvalue weighted by Gasteiger charge is 2.07. The van der Waals surface area contributed by atoms with E-state index in [0.717, 1.165) is 22.7 Å². The van der Waals surface area contributed by atoms with Gasteiger partial charge in [-0.3, -0.25) is 4.79 Å². The van der Waals surface area contributed by atoms with Crippen LogP contribution in [0.25, 0.3) is 11.7 Å². The summed E-state index contributed by atoms with van der Waals surface area (Å²) in [5, 5.41) is 2.86. The van der Waals surface area contributed by atoms with E-state index in [2.05, 4.69) is 10.3 Å². The quantitative estimate of drug-likeness (QED) is 0.608. The number of methoxy groups -OCH3 is 3. The van der Waals surface area contributed by atoms with Gasteiger partial charge >= 0.3 is 0 Å². The number of aromatic nitrogens is 2. The fraction of sp³-hybridized carbons (Fsp3) is 0.238. The third-order valence-electron chi connectivity index (χ3n) is 4.23. The van der Waals surface area contributed by atoms with E-state index in [0.29, 0.717) is 24.5 Å². The van der Waals surface area contributed by atoms with Crippen LogP contribution in [0.2, 0.25) is 0 Å². The van der Waals surface area contributed by atoms with Gasteiger partial charge in [-0.25, -0.2) is 4.98 Å². The van der Waals surface area contributed by atoms with Crippen molar-refractivity contribution >= 4 is 17.6 Å². The van der Waals surface area contributed by atoms with Crippen molar-refractivity contribution in [3.63, 3.8) is 0 Å². The fourth-order valence-electron chi connectivity index (χ4n) is 2.82. The Morgan fingerprint density at radius 1 is 1.11 bits per heavy atom. The Bertz CT molecular complexity index is 994. The maximum atomic E-state index is 12.1. The first-order valence-corrected chi connectivity index (χ1v) is 8.83. The summed E-state index contributed by atoms with van der Waals surface area (Å²) in [6.45, 7) is 0.487. The smallest absolute Gasteiger partial charge is 0.244 e. The Kier molecular flexibility index (Phi) is 6.16. The zero-order chi connectivity index (χ0) is 19.9. The maximum absolute atomic E-state index is 12.1. The molecule has 1 amide bonds. The summed E-state index contributed by atoms with van der Waals surface area (Å²) >= 11 is 0. The predicted molar refractivity (Wildman–Crippen MR) is 107 cm³/mol. The summed E-state index contributed by atoms with van der Waals surface area (Å²) in [5.41, 5.74) is 2.49. The second-order valence-corrected chi connectivity index (χ2v) is 6.03. The van der Waals surface area contributed by atoms with Crippen molar-refractivity contribution in [2.75, 3.05) is 27.9 Å². The zero-order valence-corrected chi connectivity index (χ0v) is 16.1. The van der Waals surface area contributed by atoms with Crippen LogP contribution in [0, 0.1) is 0 Å². The molecule has 0 atom stereocenters. The summed E-state index contributed by atoms with van der Waals surface area (Å²) in [4.78, 5) is 16.6. The second kappa shape index (κ2) is 8.94. The third kappa shape index (κ3) is 4.43. The van der Waals surface area contributed by atoms with Gasteiger partial charge in [0.15, 0.2) is 22.9 Å². The van der Waals surface area contributed by atoms with E-state index in [1.165, 1.54) is 6.08 Å². The first-order chi connectivity index (χ1) is 13.6. The van der Waals surface area contributed by atoms with Crippen LogP contribution in [-0.4, -0.2) is 43.2 Å². The molecular formula is C21H23N3O4. The molecule has 0 unspecified atom stereocenters. The Morgan fingerprint density at radius 2 is 1.89 bits per heavy atom.